The first-order valence-corrected chi connectivity index (χ1v) is 5.30. The van der Waals surface area contributed by atoms with Crippen molar-refractivity contribution in [3.05, 3.63) is 53.9 Å². The highest BCUT2D eigenvalue weighted by atomic mass is 19.4. The van der Waals surface area contributed by atoms with Crippen LogP contribution in [0.25, 0.3) is 0 Å². The quantitative estimate of drug-likeness (QED) is 0.898. The van der Waals surface area contributed by atoms with Crippen LogP contribution in [0, 0.1) is 11.3 Å². The summed E-state index contributed by atoms with van der Waals surface area (Å²) in [5, 5.41) is 11.7. The van der Waals surface area contributed by atoms with Crippen LogP contribution in [0.1, 0.15) is 11.3 Å². The zero-order chi connectivity index (χ0) is 13.9. The van der Waals surface area contributed by atoms with E-state index in [1.165, 1.54) is 18.3 Å². The molecule has 0 fully saturated rings. The minimum atomic E-state index is -4.36. The molecule has 0 aliphatic heterocycles. The number of rotatable bonds is 2. The highest BCUT2D eigenvalue weighted by Crippen LogP contribution is 2.30. The number of nitriles is 1. The number of hydrogen-bond acceptors (Lipinski definition) is 3. The fraction of sp³-hybridized carbons (Fsp3) is 0.0769. The third-order valence-corrected chi connectivity index (χ3v) is 2.40. The Morgan fingerprint density at radius 2 is 1.79 bits per heavy atom. The second-order valence-electron chi connectivity index (χ2n) is 3.71. The van der Waals surface area contributed by atoms with E-state index in [-0.39, 0.29) is 5.69 Å². The van der Waals surface area contributed by atoms with Crippen LogP contribution in [0.5, 0.6) is 0 Å². The molecule has 6 heteroatoms. The average Bonchev–Trinajstić information content (AvgIpc) is 2.39. The second kappa shape index (κ2) is 4.98. The lowest BCUT2D eigenvalue weighted by Gasteiger charge is -2.10. The molecule has 1 aromatic heterocycles. The fourth-order valence-corrected chi connectivity index (χ4v) is 1.49. The van der Waals surface area contributed by atoms with Gasteiger partial charge in [0, 0.05) is 11.9 Å². The van der Waals surface area contributed by atoms with E-state index in [9.17, 15) is 13.2 Å². The summed E-state index contributed by atoms with van der Waals surface area (Å²) in [7, 11) is 0. The minimum absolute atomic E-state index is 0.183. The van der Waals surface area contributed by atoms with Crippen LogP contribution in [0.2, 0.25) is 0 Å². The minimum Gasteiger partial charge on any atom is -0.353 e. The maximum Gasteiger partial charge on any atom is 0.416 e. The largest absolute Gasteiger partial charge is 0.416 e. The van der Waals surface area contributed by atoms with Gasteiger partial charge in [-0.3, -0.25) is 0 Å². The van der Waals surface area contributed by atoms with Gasteiger partial charge in [0.2, 0.25) is 0 Å². The van der Waals surface area contributed by atoms with Crippen molar-refractivity contribution in [1.82, 2.24) is 4.98 Å². The van der Waals surface area contributed by atoms with Crippen molar-refractivity contribution in [3.8, 4) is 6.07 Å². The lowest BCUT2D eigenvalue weighted by atomic mass is 10.2. The van der Waals surface area contributed by atoms with Gasteiger partial charge in [0.15, 0.2) is 5.69 Å². The zero-order valence-electron chi connectivity index (χ0n) is 9.57. The molecule has 0 atom stereocenters. The monoisotopic (exact) mass is 263 g/mol. The third-order valence-electron chi connectivity index (χ3n) is 2.40. The predicted octanol–water partition coefficient (Wildman–Crippen LogP) is 3.72. The zero-order valence-corrected chi connectivity index (χ0v) is 9.57. The van der Waals surface area contributed by atoms with Gasteiger partial charge in [-0.15, -0.1) is 0 Å². The summed E-state index contributed by atoms with van der Waals surface area (Å²) < 4.78 is 37.2. The molecule has 0 amide bonds. The van der Waals surface area contributed by atoms with Crippen molar-refractivity contribution in [2.24, 2.45) is 0 Å². The summed E-state index contributed by atoms with van der Waals surface area (Å²) in [5.41, 5.74) is 0.370. The summed E-state index contributed by atoms with van der Waals surface area (Å²) >= 11 is 0. The van der Waals surface area contributed by atoms with Crippen LogP contribution >= 0.6 is 0 Å². The number of hydrogen-bond donors (Lipinski definition) is 1. The molecule has 3 nitrogen and oxygen atoms in total. The molecule has 0 aliphatic carbocycles. The van der Waals surface area contributed by atoms with Crippen molar-refractivity contribution < 1.29 is 13.2 Å². The molecule has 0 saturated heterocycles. The first-order valence-electron chi connectivity index (χ1n) is 5.30. The van der Waals surface area contributed by atoms with E-state index < -0.39 is 11.7 Å². The van der Waals surface area contributed by atoms with E-state index >= 15 is 0 Å². The van der Waals surface area contributed by atoms with E-state index in [4.69, 9.17) is 5.26 Å². The molecule has 0 unspecified atom stereocenters. The maximum atomic E-state index is 12.4. The molecule has 0 aliphatic rings. The Bertz CT molecular complexity index is 612. The van der Waals surface area contributed by atoms with Crippen LogP contribution in [0.3, 0.4) is 0 Å². The summed E-state index contributed by atoms with van der Waals surface area (Å²) in [6.45, 7) is 0. The molecule has 2 rings (SSSR count). The van der Waals surface area contributed by atoms with Crippen molar-refractivity contribution in [2.75, 3.05) is 5.32 Å². The van der Waals surface area contributed by atoms with Crippen LogP contribution in [-0.4, -0.2) is 4.98 Å². The lowest BCUT2D eigenvalue weighted by Crippen LogP contribution is -2.04. The Morgan fingerprint density at radius 3 is 2.37 bits per heavy atom. The van der Waals surface area contributed by atoms with Crippen molar-refractivity contribution in [2.45, 2.75) is 6.18 Å². The van der Waals surface area contributed by atoms with Crippen molar-refractivity contribution in [1.29, 1.82) is 5.26 Å². The van der Waals surface area contributed by atoms with Gasteiger partial charge < -0.3 is 5.32 Å². The summed E-state index contributed by atoms with van der Waals surface area (Å²) in [6.07, 6.45) is -2.89. The number of nitrogens with one attached hydrogen (secondary N) is 1. The number of pyridine rings is 1. The van der Waals surface area contributed by atoms with Crippen LogP contribution in [0.4, 0.5) is 24.5 Å². The van der Waals surface area contributed by atoms with Crippen LogP contribution < -0.4 is 5.32 Å². The molecule has 0 bridgehead atoms. The van der Waals surface area contributed by atoms with Gasteiger partial charge in [0.05, 0.1) is 11.3 Å². The van der Waals surface area contributed by atoms with E-state index in [0.717, 1.165) is 12.1 Å². The van der Waals surface area contributed by atoms with Crippen LogP contribution in [0.15, 0.2) is 42.6 Å². The highest BCUT2D eigenvalue weighted by molar-refractivity contribution is 5.64. The Balaban J connectivity index is 2.23. The molecule has 1 aromatic carbocycles. The smallest absolute Gasteiger partial charge is 0.353 e. The first-order chi connectivity index (χ1) is 9.00. The Morgan fingerprint density at radius 1 is 1.11 bits per heavy atom. The van der Waals surface area contributed by atoms with Gasteiger partial charge in [-0.05, 0) is 36.4 Å². The summed E-state index contributed by atoms with van der Waals surface area (Å²) in [5.74, 6) is 0. The third kappa shape index (κ3) is 3.01. The first kappa shape index (κ1) is 12.9. The molecule has 2 aromatic rings. The Hall–Kier alpha value is -2.55. The van der Waals surface area contributed by atoms with Crippen molar-refractivity contribution in [3.63, 3.8) is 0 Å². The average molecular weight is 263 g/mol. The van der Waals surface area contributed by atoms with Gasteiger partial charge in [-0.1, -0.05) is 0 Å². The molecular weight excluding hydrogens is 255 g/mol. The predicted molar refractivity (Wildman–Crippen MR) is 63.7 cm³/mol. The number of halogens is 3. The van der Waals surface area contributed by atoms with Crippen LogP contribution in [-0.2, 0) is 6.18 Å². The molecule has 0 spiro atoms. The van der Waals surface area contributed by atoms with Crippen molar-refractivity contribution >= 4 is 11.4 Å². The van der Waals surface area contributed by atoms with Gasteiger partial charge in [-0.2, -0.15) is 18.4 Å². The normalized spacial score (nSPS) is 10.8. The van der Waals surface area contributed by atoms with E-state index in [1.54, 1.807) is 12.1 Å². The lowest BCUT2D eigenvalue weighted by molar-refractivity contribution is -0.137. The SMILES string of the molecule is N#Cc1ncccc1Nc1ccc(C(F)(F)F)cc1. The number of anilines is 2. The summed E-state index contributed by atoms with van der Waals surface area (Å²) in [4.78, 5) is 3.85. The highest BCUT2D eigenvalue weighted by Gasteiger charge is 2.29. The molecule has 96 valence electrons. The number of nitrogens with zero attached hydrogens (tertiary/aromatic N) is 2. The van der Waals surface area contributed by atoms with Gasteiger partial charge in [-0.25, -0.2) is 4.98 Å². The number of aromatic nitrogens is 1. The second-order valence-corrected chi connectivity index (χ2v) is 3.71. The number of benzene rings is 1. The van der Waals surface area contributed by atoms with Gasteiger partial charge in [0.25, 0.3) is 0 Å². The van der Waals surface area contributed by atoms with Gasteiger partial charge in [0.1, 0.15) is 6.07 Å². The molecule has 1 heterocycles. The molecular formula is C13H8F3N3. The van der Waals surface area contributed by atoms with Gasteiger partial charge >= 0.3 is 6.18 Å². The fourth-order valence-electron chi connectivity index (χ4n) is 1.49. The molecule has 1 N–H and O–H groups in total. The maximum absolute atomic E-state index is 12.4. The molecule has 0 radical (unpaired) electrons. The Labute approximate surface area is 107 Å². The molecule has 0 saturated carbocycles. The topological polar surface area (TPSA) is 48.7 Å². The van der Waals surface area contributed by atoms with E-state index in [2.05, 4.69) is 10.3 Å². The Kier molecular flexibility index (Phi) is 3.38. The van der Waals surface area contributed by atoms with E-state index in [1.807, 2.05) is 6.07 Å². The standard InChI is InChI=1S/C13H8F3N3/c14-13(15,16)9-3-5-10(6-4-9)19-11-2-1-7-18-12(11)8-17/h1-7,19H. The summed E-state index contributed by atoms with van der Waals surface area (Å²) in [6, 6.07) is 9.72. The number of alkyl halides is 3. The molecule has 19 heavy (non-hydrogen) atoms. The van der Waals surface area contributed by atoms with E-state index in [0.29, 0.717) is 11.4 Å².